The molecule has 5 nitrogen and oxygen atoms in total. The summed E-state index contributed by atoms with van der Waals surface area (Å²) in [5.74, 6) is 1.28. The Bertz CT molecular complexity index is 580. The Balaban J connectivity index is 2.27. The number of nitrogen functional groups attached to an aromatic ring is 1. The fourth-order valence-corrected chi connectivity index (χ4v) is 1.76. The summed E-state index contributed by atoms with van der Waals surface area (Å²) < 4.78 is 0. The SMILES string of the molecule is CCNc1ncnc(Nc2ccc(C)c(C)c2)c1N. The van der Waals surface area contributed by atoms with Crippen LogP contribution in [-0.4, -0.2) is 16.5 Å². The Labute approximate surface area is 113 Å². The van der Waals surface area contributed by atoms with Crippen molar-refractivity contribution in [3.05, 3.63) is 35.7 Å². The molecule has 100 valence electrons. The third-order valence-electron chi connectivity index (χ3n) is 3.00. The van der Waals surface area contributed by atoms with Crippen LogP contribution in [0.25, 0.3) is 0 Å². The van der Waals surface area contributed by atoms with Crippen molar-refractivity contribution in [3.8, 4) is 0 Å². The lowest BCUT2D eigenvalue weighted by Gasteiger charge is -2.12. The highest BCUT2D eigenvalue weighted by Gasteiger charge is 2.07. The van der Waals surface area contributed by atoms with Crippen molar-refractivity contribution in [3.63, 3.8) is 0 Å². The fourth-order valence-electron chi connectivity index (χ4n) is 1.76. The van der Waals surface area contributed by atoms with Crippen molar-refractivity contribution in [2.24, 2.45) is 0 Å². The van der Waals surface area contributed by atoms with Gasteiger partial charge >= 0.3 is 0 Å². The number of rotatable bonds is 4. The Morgan fingerprint density at radius 1 is 1.11 bits per heavy atom. The van der Waals surface area contributed by atoms with Crippen LogP contribution in [0.15, 0.2) is 24.5 Å². The van der Waals surface area contributed by atoms with Crippen LogP contribution in [-0.2, 0) is 0 Å². The molecule has 4 N–H and O–H groups in total. The summed E-state index contributed by atoms with van der Waals surface area (Å²) in [5.41, 5.74) is 10.0. The van der Waals surface area contributed by atoms with Crippen LogP contribution in [0.2, 0.25) is 0 Å². The first-order chi connectivity index (χ1) is 9.11. The number of aryl methyl sites for hydroxylation is 2. The van der Waals surface area contributed by atoms with Gasteiger partial charge in [0.2, 0.25) is 0 Å². The second kappa shape index (κ2) is 5.56. The van der Waals surface area contributed by atoms with Crippen molar-refractivity contribution in [2.45, 2.75) is 20.8 Å². The van der Waals surface area contributed by atoms with Gasteiger partial charge in [0, 0.05) is 12.2 Å². The summed E-state index contributed by atoms with van der Waals surface area (Å²) in [7, 11) is 0. The number of hydrogen-bond donors (Lipinski definition) is 3. The average Bonchev–Trinajstić information content (AvgIpc) is 2.39. The van der Waals surface area contributed by atoms with Gasteiger partial charge in [-0.3, -0.25) is 0 Å². The maximum atomic E-state index is 6.04. The van der Waals surface area contributed by atoms with E-state index in [9.17, 15) is 0 Å². The number of hydrogen-bond acceptors (Lipinski definition) is 5. The summed E-state index contributed by atoms with van der Waals surface area (Å²) >= 11 is 0. The molecule has 0 saturated heterocycles. The van der Waals surface area contributed by atoms with E-state index in [0.717, 1.165) is 12.2 Å². The van der Waals surface area contributed by atoms with Gasteiger partial charge in [0.05, 0.1) is 0 Å². The molecule has 19 heavy (non-hydrogen) atoms. The van der Waals surface area contributed by atoms with Crippen LogP contribution >= 0.6 is 0 Å². The monoisotopic (exact) mass is 257 g/mol. The van der Waals surface area contributed by atoms with Gasteiger partial charge in [-0.15, -0.1) is 0 Å². The molecule has 0 amide bonds. The van der Waals surface area contributed by atoms with E-state index < -0.39 is 0 Å². The Morgan fingerprint density at radius 2 is 1.84 bits per heavy atom. The Morgan fingerprint density at radius 3 is 2.53 bits per heavy atom. The third kappa shape index (κ3) is 2.93. The van der Waals surface area contributed by atoms with Crippen molar-refractivity contribution in [1.82, 2.24) is 9.97 Å². The van der Waals surface area contributed by atoms with Gasteiger partial charge in [-0.2, -0.15) is 0 Å². The summed E-state index contributed by atoms with van der Waals surface area (Å²) in [5, 5.41) is 6.33. The number of nitrogens with zero attached hydrogens (tertiary/aromatic N) is 2. The first kappa shape index (κ1) is 13.1. The molecule has 2 rings (SSSR count). The van der Waals surface area contributed by atoms with E-state index in [1.54, 1.807) is 0 Å². The largest absolute Gasteiger partial charge is 0.393 e. The van der Waals surface area contributed by atoms with Crippen molar-refractivity contribution in [1.29, 1.82) is 0 Å². The molecule has 0 bridgehead atoms. The molecule has 0 unspecified atom stereocenters. The van der Waals surface area contributed by atoms with Crippen LogP contribution in [0.4, 0.5) is 23.0 Å². The molecule has 0 atom stereocenters. The number of benzene rings is 1. The third-order valence-corrected chi connectivity index (χ3v) is 3.00. The number of aromatic nitrogens is 2. The quantitative estimate of drug-likeness (QED) is 0.785. The van der Waals surface area contributed by atoms with Gasteiger partial charge in [-0.1, -0.05) is 6.07 Å². The van der Waals surface area contributed by atoms with E-state index >= 15 is 0 Å². The summed E-state index contributed by atoms with van der Waals surface area (Å²) in [4.78, 5) is 8.30. The minimum atomic E-state index is 0.530. The Hall–Kier alpha value is -2.30. The lowest BCUT2D eigenvalue weighted by atomic mass is 10.1. The van der Waals surface area contributed by atoms with Gasteiger partial charge in [-0.05, 0) is 44.0 Å². The molecular formula is C14H19N5. The molecule has 0 fully saturated rings. The molecule has 1 heterocycles. The van der Waals surface area contributed by atoms with Gasteiger partial charge < -0.3 is 16.4 Å². The van der Waals surface area contributed by atoms with Gasteiger partial charge in [-0.25, -0.2) is 9.97 Å². The molecule has 0 spiro atoms. The molecule has 0 saturated carbocycles. The standard InChI is InChI=1S/C14H19N5/c1-4-16-13-12(15)14(18-8-17-13)19-11-6-5-9(2)10(3)7-11/h5-8H,4,15H2,1-3H3,(H2,16,17,18,19). The zero-order chi connectivity index (χ0) is 13.8. The van der Waals surface area contributed by atoms with Crippen LogP contribution in [0, 0.1) is 13.8 Å². The van der Waals surface area contributed by atoms with Crippen molar-refractivity contribution >= 4 is 23.0 Å². The maximum Gasteiger partial charge on any atom is 0.159 e. The number of anilines is 4. The first-order valence-corrected chi connectivity index (χ1v) is 6.30. The van der Waals surface area contributed by atoms with E-state index in [1.165, 1.54) is 17.5 Å². The fraction of sp³-hybridized carbons (Fsp3) is 0.286. The number of nitrogens with one attached hydrogen (secondary N) is 2. The van der Waals surface area contributed by atoms with Gasteiger partial charge in [0.1, 0.15) is 12.0 Å². The molecule has 1 aromatic carbocycles. The van der Waals surface area contributed by atoms with Crippen LogP contribution in [0.5, 0.6) is 0 Å². The van der Waals surface area contributed by atoms with E-state index in [-0.39, 0.29) is 0 Å². The molecule has 5 heteroatoms. The molecule has 2 aromatic rings. The summed E-state index contributed by atoms with van der Waals surface area (Å²) in [6, 6.07) is 6.15. The van der Waals surface area contributed by atoms with E-state index in [0.29, 0.717) is 17.3 Å². The lowest BCUT2D eigenvalue weighted by molar-refractivity contribution is 1.12. The minimum Gasteiger partial charge on any atom is -0.393 e. The zero-order valence-electron chi connectivity index (χ0n) is 11.5. The smallest absolute Gasteiger partial charge is 0.159 e. The topological polar surface area (TPSA) is 75.9 Å². The van der Waals surface area contributed by atoms with E-state index in [1.807, 2.05) is 13.0 Å². The lowest BCUT2D eigenvalue weighted by Crippen LogP contribution is -2.07. The van der Waals surface area contributed by atoms with Crippen molar-refractivity contribution < 1.29 is 0 Å². The Kier molecular flexibility index (Phi) is 3.85. The maximum absolute atomic E-state index is 6.04. The first-order valence-electron chi connectivity index (χ1n) is 6.30. The van der Waals surface area contributed by atoms with Crippen molar-refractivity contribution in [2.75, 3.05) is 22.9 Å². The molecule has 0 aliphatic heterocycles. The zero-order valence-corrected chi connectivity index (χ0v) is 11.5. The second-order valence-corrected chi connectivity index (χ2v) is 4.44. The van der Waals surface area contributed by atoms with Crippen LogP contribution < -0.4 is 16.4 Å². The summed E-state index contributed by atoms with van der Waals surface area (Å²) in [6.45, 7) is 6.93. The molecular weight excluding hydrogens is 238 g/mol. The van der Waals surface area contributed by atoms with Gasteiger partial charge in [0.15, 0.2) is 11.6 Å². The minimum absolute atomic E-state index is 0.530. The molecule has 0 radical (unpaired) electrons. The molecule has 0 aliphatic rings. The van der Waals surface area contributed by atoms with E-state index in [4.69, 9.17) is 5.73 Å². The predicted molar refractivity (Wildman–Crippen MR) is 79.8 cm³/mol. The molecule has 1 aromatic heterocycles. The average molecular weight is 257 g/mol. The number of nitrogens with two attached hydrogens (primary N) is 1. The van der Waals surface area contributed by atoms with Crippen LogP contribution in [0.1, 0.15) is 18.1 Å². The highest BCUT2D eigenvalue weighted by Crippen LogP contribution is 2.26. The van der Waals surface area contributed by atoms with Crippen LogP contribution in [0.3, 0.4) is 0 Å². The predicted octanol–water partition coefficient (Wildman–Crippen LogP) is 2.85. The summed E-state index contributed by atoms with van der Waals surface area (Å²) in [6.07, 6.45) is 1.50. The highest BCUT2D eigenvalue weighted by molar-refractivity contribution is 5.77. The molecule has 0 aliphatic carbocycles. The van der Waals surface area contributed by atoms with E-state index in [2.05, 4.69) is 46.6 Å². The second-order valence-electron chi connectivity index (χ2n) is 4.44. The van der Waals surface area contributed by atoms with Gasteiger partial charge in [0.25, 0.3) is 0 Å². The normalized spacial score (nSPS) is 10.3. The highest BCUT2D eigenvalue weighted by atomic mass is 15.1.